The highest BCUT2D eigenvalue weighted by molar-refractivity contribution is 5.85. The minimum Gasteiger partial charge on any atom is -0.319 e. The maximum atomic E-state index is 12.6. The first-order valence-corrected chi connectivity index (χ1v) is 8.31. The summed E-state index contributed by atoms with van der Waals surface area (Å²) in [7, 11) is 0. The van der Waals surface area contributed by atoms with E-state index in [-0.39, 0.29) is 12.2 Å². The van der Waals surface area contributed by atoms with Crippen LogP contribution in [0.3, 0.4) is 0 Å². The number of carbonyl (C=O) groups excluding carboxylic acids is 1. The molecule has 0 bridgehead atoms. The van der Waals surface area contributed by atoms with Crippen molar-refractivity contribution in [3.05, 3.63) is 35.4 Å². The second kappa shape index (κ2) is 5.80. The Morgan fingerprint density at radius 3 is 2.38 bits per heavy atom. The van der Waals surface area contributed by atoms with Gasteiger partial charge in [-0.2, -0.15) is 0 Å². The van der Waals surface area contributed by atoms with Crippen LogP contribution in [0, 0.1) is 5.92 Å². The van der Waals surface area contributed by atoms with E-state index < -0.39 is 0 Å². The molecule has 3 nitrogen and oxygen atoms in total. The number of nitrogens with zero attached hydrogens (tertiary/aromatic N) is 1. The molecule has 3 rings (SSSR count). The van der Waals surface area contributed by atoms with Crippen molar-refractivity contribution in [3.63, 3.8) is 0 Å². The second-order valence-electron chi connectivity index (χ2n) is 6.60. The molecular formula is C18H26N2O. The van der Waals surface area contributed by atoms with Gasteiger partial charge in [-0.3, -0.25) is 10.1 Å². The summed E-state index contributed by atoms with van der Waals surface area (Å²) in [6, 6.07) is 9.13. The molecule has 3 heteroatoms. The number of rotatable bonds is 4. The second-order valence-corrected chi connectivity index (χ2v) is 6.60. The number of hydrogen-bond donors (Lipinski definition) is 1. The first-order valence-electron chi connectivity index (χ1n) is 8.31. The van der Waals surface area contributed by atoms with Gasteiger partial charge in [-0.25, -0.2) is 0 Å². The van der Waals surface area contributed by atoms with Crippen LogP contribution in [0.5, 0.6) is 0 Å². The van der Waals surface area contributed by atoms with Crippen LogP contribution in [0.4, 0.5) is 0 Å². The smallest absolute Gasteiger partial charge is 0.241 e. The molecule has 0 aromatic heterocycles. The summed E-state index contributed by atoms with van der Waals surface area (Å²) in [4.78, 5) is 14.8. The summed E-state index contributed by atoms with van der Waals surface area (Å²) < 4.78 is 0. The van der Waals surface area contributed by atoms with Crippen LogP contribution in [0.1, 0.15) is 57.3 Å². The maximum absolute atomic E-state index is 12.6. The van der Waals surface area contributed by atoms with Crippen LogP contribution in [-0.4, -0.2) is 22.9 Å². The van der Waals surface area contributed by atoms with Crippen molar-refractivity contribution in [1.29, 1.82) is 0 Å². The van der Waals surface area contributed by atoms with Crippen LogP contribution in [-0.2, 0) is 11.2 Å². The quantitative estimate of drug-likeness (QED) is 0.921. The van der Waals surface area contributed by atoms with Gasteiger partial charge in [-0.05, 0) is 42.7 Å². The lowest BCUT2D eigenvalue weighted by atomic mass is 9.80. The number of hydrogen-bond acceptors (Lipinski definition) is 2. The summed E-state index contributed by atoms with van der Waals surface area (Å²) in [6.07, 6.45) is 4.27. The van der Waals surface area contributed by atoms with Gasteiger partial charge in [0.2, 0.25) is 5.91 Å². The highest BCUT2D eigenvalue weighted by Gasteiger charge is 2.45. The Balaban J connectivity index is 1.84. The Labute approximate surface area is 127 Å². The van der Waals surface area contributed by atoms with Gasteiger partial charge < -0.3 is 4.90 Å². The molecule has 1 aliphatic carbocycles. The van der Waals surface area contributed by atoms with Crippen LogP contribution < -0.4 is 5.32 Å². The topological polar surface area (TPSA) is 32.3 Å². The lowest BCUT2D eigenvalue weighted by molar-refractivity contribution is -0.135. The predicted molar refractivity (Wildman–Crippen MR) is 84.8 cm³/mol. The van der Waals surface area contributed by atoms with Gasteiger partial charge in [0.15, 0.2) is 0 Å². The fourth-order valence-electron chi connectivity index (χ4n) is 3.61. The Morgan fingerprint density at radius 1 is 1.19 bits per heavy atom. The van der Waals surface area contributed by atoms with E-state index in [1.165, 1.54) is 11.1 Å². The predicted octanol–water partition coefficient (Wildman–Crippen LogP) is 3.26. The lowest BCUT2D eigenvalue weighted by Crippen LogP contribution is -2.47. The summed E-state index contributed by atoms with van der Waals surface area (Å²) in [5, 5.41) is 3.53. The number of nitrogens with one attached hydrogen (secondary N) is 1. The number of carbonyl (C=O) groups is 1. The van der Waals surface area contributed by atoms with Gasteiger partial charge in [-0.15, -0.1) is 0 Å². The van der Waals surface area contributed by atoms with Gasteiger partial charge in [0.05, 0.1) is 6.04 Å². The van der Waals surface area contributed by atoms with Gasteiger partial charge in [0.1, 0.15) is 6.17 Å². The zero-order valence-electron chi connectivity index (χ0n) is 13.3. The molecule has 0 radical (unpaired) electrons. The van der Waals surface area contributed by atoms with Crippen LogP contribution in [0.2, 0.25) is 0 Å². The van der Waals surface area contributed by atoms with Crippen molar-refractivity contribution in [3.8, 4) is 0 Å². The number of aryl methyl sites for hydroxylation is 1. The van der Waals surface area contributed by atoms with Crippen LogP contribution in [0.25, 0.3) is 0 Å². The van der Waals surface area contributed by atoms with Crippen molar-refractivity contribution in [2.45, 2.75) is 64.7 Å². The van der Waals surface area contributed by atoms with Gasteiger partial charge in [0, 0.05) is 6.04 Å². The third-order valence-corrected chi connectivity index (χ3v) is 5.04. The van der Waals surface area contributed by atoms with Crippen molar-refractivity contribution < 1.29 is 4.79 Å². The van der Waals surface area contributed by atoms with Crippen LogP contribution >= 0.6 is 0 Å². The van der Waals surface area contributed by atoms with Gasteiger partial charge >= 0.3 is 0 Å². The molecular weight excluding hydrogens is 260 g/mol. The minimum absolute atomic E-state index is 0.0169. The van der Waals surface area contributed by atoms with Gasteiger partial charge in [-0.1, -0.05) is 45.0 Å². The molecule has 1 amide bonds. The van der Waals surface area contributed by atoms with Crippen molar-refractivity contribution >= 4 is 5.91 Å². The summed E-state index contributed by atoms with van der Waals surface area (Å²) >= 11 is 0. The maximum Gasteiger partial charge on any atom is 0.241 e. The van der Waals surface area contributed by atoms with Crippen LogP contribution in [0.15, 0.2) is 24.3 Å². The molecule has 1 aromatic carbocycles. The van der Waals surface area contributed by atoms with Crippen molar-refractivity contribution in [1.82, 2.24) is 10.2 Å². The Kier molecular flexibility index (Phi) is 4.03. The summed E-state index contributed by atoms with van der Waals surface area (Å²) in [6.45, 7) is 6.52. The highest BCUT2D eigenvalue weighted by Crippen LogP contribution is 2.38. The summed E-state index contributed by atoms with van der Waals surface area (Å²) in [5.74, 6) is 1.05. The average Bonchev–Trinajstić information content (AvgIpc) is 2.80. The zero-order chi connectivity index (χ0) is 15.0. The number of amides is 1. The molecule has 1 N–H and O–H groups in total. The molecule has 1 heterocycles. The third kappa shape index (κ3) is 2.59. The van der Waals surface area contributed by atoms with E-state index in [9.17, 15) is 4.79 Å². The standard InChI is InChI=1S/C18H26N2O/c1-4-13-6-8-14(9-7-13)17-19-16(5-2)18(21)20(17)15-10-12(3)11-15/h6-9,12,15-17,19H,4-5,10-11H2,1-3H3. The number of benzene rings is 1. The molecule has 114 valence electrons. The molecule has 2 fully saturated rings. The Bertz CT molecular complexity index is 504. The molecule has 0 spiro atoms. The van der Waals surface area contributed by atoms with Gasteiger partial charge in [0.25, 0.3) is 0 Å². The monoisotopic (exact) mass is 286 g/mol. The largest absolute Gasteiger partial charge is 0.319 e. The Hall–Kier alpha value is -1.35. The first-order chi connectivity index (χ1) is 10.1. The molecule has 21 heavy (non-hydrogen) atoms. The third-order valence-electron chi connectivity index (χ3n) is 5.04. The Morgan fingerprint density at radius 2 is 1.86 bits per heavy atom. The van der Waals surface area contributed by atoms with E-state index in [0.717, 1.165) is 31.6 Å². The van der Waals surface area contributed by atoms with E-state index >= 15 is 0 Å². The van der Waals surface area contributed by atoms with Crippen molar-refractivity contribution in [2.75, 3.05) is 0 Å². The normalized spacial score (nSPS) is 32.3. The van der Waals surface area contributed by atoms with E-state index in [2.05, 4.69) is 55.3 Å². The summed E-state index contributed by atoms with van der Waals surface area (Å²) in [5.41, 5.74) is 2.56. The molecule has 1 aliphatic heterocycles. The molecule has 1 saturated heterocycles. The lowest BCUT2D eigenvalue weighted by Gasteiger charge is -2.42. The molecule has 1 saturated carbocycles. The zero-order valence-corrected chi connectivity index (χ0v) is 13.3. The van der Waals surface area contributed by atoms with E-state index in [4.69, 9.17) is 0 Å². The SMILES string of the molecule is CCc1ccc(C2NC(CC)C(=O)N2C2CC(C)C2)cc1. The highest BCUT2D eigenvalue weighted by atomic mass is 16.2. The fraction of sp³-hybridized carbons (Fsp3) is 0.611. The molecule has 1 aromatic rings. The molecule has 2 atom stereocenters. The molecule has 2 aliphatic rings. The van der Waals surface area contributed by atoms with E-state index in [1.54, 1.807) is 0 Å². The van der Waals surface area contributed by atoms with Crippen molar-refractivity contribution in [2.24, 2.45) is 5.92 Å². The minimum atomic E-state index is -0.0169. The fourth-order valence-corrected chi connectivity index (χ4v) is 3.61. The average molecular weight is 286 g/mol. The molecule has 2 unspecified atom stereocenters. The first kappa shape index (κ1) is 14.6. The van der Waals surface area contributed by atoms with E-state index in [1.807, 2.05) is 0 Å². The van der Waals surface area contributed by atoms with E-state index in [0.29, 0.717) is 11.9 Å².